The summed E-state index contributed by atoms with van der Waals surface area (Å²) in [5.74, 6) is -0.0419. The van der Waals surface area contributed by atoms with Crippen molar-refractivity contribution in [3.05, 3.63) is 52.5 Å². The van der Waals surface area contributed by atoms with Gasteiger partial charge >= 0.3 is 0 Å². The van der Waals surface area contributed by atoms with Crippen LogP contribution in [-0.4, -0.2) is 10.9 Å². The third-order valence-electron chi connectivity index (χ3n) is 2.58. The zero-order chi connectivity index (χ0) is 12.8. The number of hydrogen-bond acceptors (Lipinski definition) is 4. The summed E-state index contributed by atoms with van der Waals surface area (Å²) < 4.78 is 0. The minimum absolute atomic E-state index is 0.0419. The number of rotatable bonds is 5. The van der Waals surface area contributed by atoms with Crippen molar-refractivity contribution in [1.82, 2.24) is 10.3 Å². The monoisotopic (exact) mass is 261 g/mol. The molecule has 0 aliphatic carbocycles. The summed E-state index contributed by atoms with van der Waals surface area (Å²) in [6, 6.07) is 9.38. The third kappa shape index (κ3) is 3.65. The Morgan fingerprint density at radius 2 is 2.17 bits per heavy atom. The van der Waals surface area contributed by atoms with Crippen LogP contribution >= 0.6 is 11.3 Å². The molecule has 0 aliphatic rings. The fourth-order valence-corrected chi connectivity index (χ4v) is 2.14. The van der Waals surface area contributed by atoms with Crippen molar-refractivity contribution in [1.29, 1.82) is 0 Å². The molecule has 1 unspecified atom stereocenters. The standard InChI is InChI=1S/C13H15N3OS/c14-12(10-4-2-1-3-5-10)6-13(17)16-8-11-7-15-9-18-11/h1-5,7,9,12H,6,8,14H2,(H,16,17). The van der Waals surface area contributed by atoms with Gasteiger partial charge in [-0.05, 0) is 5.56 Å². The normalized spacial score (nSPS) is 12.1. The molecule has 1 amide bonds. The summed E-state index contributed by atoms with van der Waals surface area (Å²) in [4.78, 5) is 16.7. The van der Waals surface area contributed by atoms with Crippen LogP contribution in [0.15, 0.2) is 42.0 Å². The second-order valence-corrected chi connectivity index (χ2v) is 4.94. The van der Waals surface area contributed by atoms with Crippen LogP contribution in [-0.2, 0) is 11.3 Å². The first-order valence-corrected chi connectivity index (χ1v) is 6.58. The van der Waals surface area contributed by atoms with Gasteiger partial charge in [-0.1, -0.05) is 30.3 Å². The van der Waals surface area contributed by atoms with Crippen molar-refractivity contribution in [3.8, 4) is 0 Å². The maximum Gasteiger partial charge on any atom is 0.222 e. The van der Waals surface area contributed by atoms with E-state index in [4.69, 9.17) is 5.73 Å². The molecule has 0 fully saturated rings. The molecule has 0 aliphatic heterocycles. The Balaban J connectivity index is 1.80. The maximum absolute atomic E-state index is 11.7. The number of aromatic nitrogens is 1. The topological polar surface area (TPSA) is 68.0 Å². The van der Waals surface area contributed by atoms with Gasteiger partial charge in [0.1, 0.15) is 0 Å². The number of carbonyl (C=O) groups excluding carboxylic acids is 1. The first-order valence-electron chi connectivity index (χ1n) is 5.70. The Kier molecular flexibility index (Phi) is 4.44. The summed E-state index contributed by atoms with van der Waals surface area (Å²) in [6.45, 7) is 0.519. The van der Waals surface area contributed by atoms with E-state index >= 15 is 0 Å². The molecule has 3 N–H and O–H groups in total. The van der Waals surface area contributed by atoms with E-state index in [-0.39, 0.29) is 11.9 Å². The number of nitrogens with zero attached hydrogens (tertiary/aromatic N) is 1. The summed E-state index contributed by atoms with van der Waals surface area (Å²) in [7, 11) is 0. The Morgan fingerprint density at radius 3 is 2.83 bits per heavy atom. The van der Waals surface area contributed by atoms with E-state index in [2.05, 4.69) is 10.3 Å². The zero-order valence-corrected chi connectivity index (χ0v) is 10.7. The SMILES string of the molecule is NC(CC(=O)NCc1cncs1)c1ccccc1. The van der Waals surface area contributed by atoms with E-state index < -0.39 is 0 Å². The van der Waals surface area contributed by atoms with Crippen LogP contribution in [0.4, 0.5) is 0 Å². The minimum Gasteiger partial charge on any atom is -0.351 e. The molecule has 0 saturated heterocycles. The maximum atomic E-state index is 11.7. The second-order valence-electron chi connectivity index (χ2n) is 3.97. The van der Waals surface area contributed by atoms with Crippen LogP contribution in [0.3, 0.4) is 0 Å². The fourth-order valence-electron chi connectivity index (χ4n) is 1.61. The number of amides is 1. The van der Waals surface area contributed by atoms with E-state index in [9.17, 15) is 4.79 Å². The smallest absolute Gasteiger partial charge is 0.222 e. The Hall–Kier alpha value is -1.72. The lowest BCUT2D eigenvalue weighted by atomic mass is 10.0. The van der Waals surface area contributed by atoms with Crippen molar-refractivity contribution in [3.63, 3.8) is 0 Å². The average molecular weight is 261 g/mol. The molecule has 1 atom stereocenters. The lowest BCUT2D eigenvalue weighted by molar-refractivity contribution is -0.121. The van der Waals surface area contributed by atoms with Gasteiger partial charge in [0, 0.05) is 23.5 Å². The second kappa shape index (κ2) is 6.28. The zero-order valence-electron chi connectivity index (χ0n) is 9.87. The lowest BCUT2D eigenvalue weighted by Crippen LogP contribution is -2.26. The third-order valence-corrected chi connectivity index (χ3v) is 3.36. The van der Waals surface area contributed by atoms with Gasteiger partial charge < -0.3 is 11.1 Å². The fraction of sp³-hybridized carbons (Fsp3) is 0.231. The molecule has 5 heteroatoms. The summed E-state index contributed by atoms with van der Waals surface area (Å²) in [5, 5.41) is 2.84. The number of hydrogen-bond donors (Lipinski definition) is 2. The number of nitrogens with two attached hydrogens (primary N) is 1. The minimum atomic E-state index is -0.257. The molecule has 2 aromatic rings. The molecule has 0 bridgehead atoms. The molecule has 94 valence electrons. The van der Waals surface area contributed by atoms with Gasteiger partial charge in [-0.2, -0.15) is 0 Å². The van der Waals surface area contributed by atoms with E-state index in [0.29, 0.717) is 13.0 Å². The van der Waals surface area contributed by atoms with Crippen molar-refractivity contribution in [2.75, 3.05) is 0 Å². The molecular weight excluding hydrogens is 246 g/mol. The van der Waals surface area contributed by atoms with Gasteiger partial charge in [0.25, 0.3) is 0 Å². The van der Waals surface area contributed by atoms with Crippen molar-refractivity contribution in [2.24, 2.45) is 5.73 Å². The van der Waals surface area contributed by atoms with Gasteiger partial charge in [0.15, 0.2) is 0 Å². The van der Waals surface area contributed by atoms with E-state index in [1.807, 2.05) is 30.3 Å². The summed E-state index contributed by atoms with van der Waals surface area (Å²) in [6.07, 6.45) is 2.05. The molecule has 0 radical (unpaired) electrons. The van der Waals surface area contributed by atoms with Gasteiger partial charge in [0.2, 0.25) is 5.91 Å². The average Bonchev–Trinajstić information content (AvgIpc) is 2.90. The first kappa shape index (κ1) is 12.7. The van der Waals surface area contributed by atoms with Crippen LogP contribution in [0, 0.1) is 0 Å². The Bertz CT molecular complexity index is 484. The number of nitrogens with one attached hydrogen (secondary N) is 1. The molecule has 1 aromatic heterocycles. The number of carbonyl (C=O) groups is 1. The largest absolute Gasteiger partial charge is 0.351 e. The van der Waals surface area contributed by atoms with Crippen molar-refractivity contribution < 1.29 is 4.79 Å². The quantitative estimate of drug-likeness (QED) is 0.863. The summed E-state index contributed by atoms with van der Waals surface area (Å²) >= 11 is 1.52. The molecule has 1 aromatic carbocycles. The molecule has 0 saturated carbocycles. The summed E-state index contributed by atoms with van der Waals surface area (Å²) in [5.41, 5.74) is 8.70. The molecule has 0 spiro atoms. The van der Waals surface area contributed by atoms with E-state index in [1.165, 1.54) is 11.3 Å². The van der Waals surface area contributed by atoms with Gasteiger partial charge in [-0.3, -0.25) is 9.78 Å². The van der Waals surface area contributed by atoms with E-state index in [0.717, 1.165) is 10.4 Å². The molecule has 18 heavy (non-hydrogen) atoms. The first-order chi connectivity index (χ1) is 8.75. The highest BCUT2D eigenvalue weighted by Crippen LogP contribution is 2.13. The van der Waals surface area contributed by atoms with E-state index in [1.54, 1.807) is 11.7 Å². The van der Waals surface area contributed by atoms with Crippen LogP contribution in [0.5, 0.6) is 0 Å². The Morgan fingerprint density at radius 1 is 1.39 bits per heavy atom. The van der Waals surface area contributed by atoms with Crippen LogP contribution in [0.25, 0.3) is 0 Å². The highest BCUT2D eigenvalue weighted by Gasteiger charge is 2.11. The van der Waals surface area contributed by atoms with Crippen LogP contribution in [0.1, 0.15) is 22.9 Å². The number of benzene rings is 1. The molecule has 1 heterocycles. The molecular formula is C13H15N3OS. The predicted octanol–water partition coefficient (Wildman–Crippen LogP) is 1.85. The molecule has 2 rings (SSSR count). The number of thiazole rings is 1. The highest BCUT2D eigenvalue weighted by atomic mass is 32.1. The van der Waals surface area contributed by atoms with Crippen molar-refractivity contribution in [2.45, 2.75) is 19.0 Å². The van der Waals surface area contributed by atoms with Crippen LogP contribution in [0.2, 0.25) is 0 Å². The van der Waals surface area contributed by atoms with Gasteiger partial charge in [0.05, 0.1) is 12.1 Å². The predicted molar refractivity (Wildman–Crippen MR) is 71.9 cm³/mol. The highest BCUT2D eigenvalue weighted by molar-refractivity contribution is 7.09. The van der Waals surface area contributed by atoms with Gasteiger partial charge in [-0.25, -0.2) is 0 Å². The van der Waals surface area contributed by atoms with Crippen LogP contribution < -0.4 is 11.1 Å². The van der Waals surface area contributed by atoms with Gasteiger partial charge in [-0.15, -0.1) is 11.3 Å². The van der Waals surface area contributed by atoms with Crippen molar-refractivity contribution >= 4 is 17.2 Å². The Labute approximate surface area is 110 Å². The molecule has 4 nitrogen and oxygen atoms in total. The lowest BCUT2D eigenvalue weighted by Gasteiger charge is -2.11.